The van der Waals surface area contributed by atoms with Crippen LogP contribution in [0.15, 0.2) is 19.4 Å². The molecular weight excluding hydrogens is 252 g/mol. The topological polar surface area (TPSA) is 59.9 Å². The van der Waals surface area contributed by atoms with E-state index in [0.717, 1.165) is 22.7 Å². The fraction of sp³-hybridized carbons (Fsp3) is 0.250. The maximum atomic E-state index is 12.0. The molecule has 2 rings (SSSR count). The summed E-state index contributed by atoms with van der Waals surface area (Å²) in [5.41, 5.74) is 1.43. The highest BCUT2D eigenvalue weighted by atomic mass is 32.3. The minimum absolute atomic E-state index is 0.120. The maximum absolute atomic E-state index is 12.0. The molecule has 0 spiro atoms. The van der Waals surface area contributed by atoms with E-state index in [1.54, 1.807) is 24.6 Å². The molecule has 0 N–H and O–H groups in total. The summed E-state index contributed by atoms with van der Waals surface area (Å²) in [5, 5.41) is 3.43. The Hall–Kier alpha value is -0.790. The summed E-state index contributed by atoms with van der Waals surface area (Å²) < 4.78 is 24.2. The summed E-state index contributed by atoms with van der Waals surface area (Å²) >= 11 is 2.26. The van der Waals surface area contributed by atoms with Crippen molar-refractivity contribution >= 4 is 32.5 Å². The van der Waals surface area contributed by atoms with Crippen LogP contribution in [0.1, 0.15) is 11.4 Å². The molecule has 2 heterocycles. The smallest absolute Gasteiger partial charge is 0.230 e. The number of aromatic nitrogens is 2. The van der Waals surface area contributed by atoms with E-state index in [2.05, 4.69) is 9.97 Å². The Bertz CT molecular complexity index is 536. The third-order valence-electron chi connectivity index (χ3n) is 1.66. The van der Waals surface area contributed by atoms with Crippen molar-refractivity contribution in [3.8, 4) is 0 Å². The third kappa shape index (κ3) is 1.95. The van der Waals surface area contributed by atoms with Gasteiger partial charge in [-0.15, -0.1) is 22.7 Å². The third-order valence-corrected chi connectivity index (χ3v) is 6.16. The van der Waals surface area contributed by atoms with Crippen LogP contribution in [0.2, 0.25) is 0 Å². The van der Waals surface area contributed by atoms with Gasteiger partial charge in [0, 0.05) is 22.1 Å². The summed E-state index contributed by atoms with van der Waals surface area (Å²) in [4.78, 5) is 7.93. The van der Waals surface area contributed by atoms with Gasteiger partial charge < -0.3 is 0 Å². The predicted molar refractivity (Wildman–Crippen MR) is 59.2 cm³/mol. The lowest BCUT2D eigenvalue weighted by Crippen LogP contribution is -2.01. The Morgan fingerprint density at radius 3 is 1.67 bits per heavy atom. The first-order valence-electron chi connectivity index (χ1n) is 4.09. The van der Waals surface area contributed by atoms with Gasteiger partial charge in [-0.25, -0.2) is 18.4 Å². The predicted octanol–water partition coefficient (Wildman–Crippen LogP) is 2.05. The van der Waals surface area contributed by atoms with Gasteiger partial charge in [-0.3, -0.25) is 0 Å². The van der Waals surface area contributed by atoms with E-state index in [-0.39, 0.29) is 8.68 Å². The van der Waals surface area contributed by atoms with E-state index in [4.69, 9.17) is 0 Å². The normalized spacial score (nSPS) is 11.9. The molecule has 0 amide bonds. The van der Waals surface area contributed by atoms with Crippen LogP contribution in [0.3, 0.4) is 0 Å². The van der Waals surface area contributed by atoms with Crippen LogP contribution in [0.4, 0.5) is 0 Å². The second-order valence-corrected chi connectivity index (χ2v) is 7.03. The average Bonchev–Trinajstić information content (AvgIpc) is 2.74. The Balaban J connectivity index is 2.53. The first-order chi connectivity index (χ1) is 7.00. The van der Waals surface area contributed by atoms with Crippen molar-refractivity contribution in [1.82, 2.24) is 9.97 Å². The molecule has 0 unspecified atom stereocenters. The maximum Gasteiger partial charge on any atom is 0.260 e. The van der Waals surface area contributed by atoms with Crippen molar-refractivity contribution in [1.29, 1.82) is 0 Å². The Morgan fingerprint density at radius 2 is 1.40 bits per heavy atom. The molecule has 2 aromatic heterocycles. The highest BCUT2D eigenvalue weighted by Gasteiger charge is 2.24. The molecule has 0 saturated heterocycles. The Kier molecular flexibility index (Phi) is 2.61. The minimum atomic E-state index is -3.48. The van der Waals surface area contributed by atoms with Gasteiger partial charge in [-0.05, 0) is 13.8 Å². The molecule has 0 saturated carbocycles. The lowest BCUT2D eigenvalue weighted by atomic mass is 10.6. The first kappa shape index (κ1) is 10.7. The van der Waals surface area contributed by atoms with E-state index >= 15 is 0 Å². The molecule has 0 aromatic carbocycles. The molecule has 2 aromatic rings. The van der Waals surface area contributed by atoms with Crippen molar-refractivity contribution in [2.24, 2.45) is 0 Å². The van der Waals surface area contributed by atoms with E-state index in [0.29, 0.717) is 11.4 Å². The molecule has 0 aliphatic heterocycles. The number of sulfone groups is 1. The molecule has 0 bridgehead atoms. The van der Waals surface area contributed by atoms with Gasteiger partial charge in [-0.2, -0.15) is 0 Å². The number of rotatable bonds is 2. The summed E-state index contributed by atoms with van der Waals surface area (Å²) in [5.74, 6) is 0. The van der Waals surface area contributed by atoms with E-state index in [1.807, 2.05) is 0 Å². The standard InChI is InChI=1S/C8H8N2O2S3/c1-5-3-13-7(9-5)15(11,12)8-10-6(2)4-14-8/h3-4H,1-2H3. The van der Waals surface area contributed by atoms with Gasteiger partial charge in [0.1, 0.15) is 0 Å². The average molecular weight is 260 g/mol. The van der Waals surface area contributed by atoms with E-state index in [1.165, 1.54) is 0 Å². The summed E-state index contributed by atoms with van der Waals surface area (Å²) in [6.45, 7) is 3.53. The molecule has 0 atom stereocenters. The second kappa shape index (κ2) is 3.66. The van der Waals surface area contributed by atoms with Crippen LogP contribution >= 0.6 is 22.7 Å². The van der Waals surface area contributed by atoms with Crippen molar-refractivity contribution < 1.29 is 8.42 Å². The summed E-state index contributed by atoms with van der Waals surface area (Å²) in [7, 11) is -3.48. The van der Waals surface area contributed by atoms with Crippen LogP contribution in [0, 0.1) is 13.8 Å². The highest BCUT2D eigenvalue weighted by molar-refractivity contribution is 7.95. The number of thiazole rings is 2. The quantitative estimate of drug-likeness (QED) is 0.829. The van der Waals surface area contributed by atoms with Gasteiger partial charge >= 0.3 is 0 Å². The number of hydrogen-bond acceptors (Lipinski definition) is 6. The minimum Gasteiger partial charge on any atom is -0.230 e. The SMILES string of the molecule is Cc1csc(S(=O)(=O)c2nc(C)cs2)n1. The molecule has 0 fully saturated rings. The van der Waals surface area contributed by atoms with Crippen molar-refractivity contribution in [3.05, 3.63) is 22.1 Å². The van der Waals surface area contributed by atoms with Gasteiger partial charge in [-0.1, -0.05) is 0 Å². The monoisotopic (exact) mass is 260 g/mol. The number of aryl methyl sites for hydroxylation is 2. The van der Waals surface area contributed by atoms with Crippen LogP contribution in [-0.4, -0.2) is 18.4 Å². The zero-order valence-electron chi connectivity index (χ0n) is 8.09. The van der Waals surface area contributed by atoms with Gasteiger partial charge in [0.05, 0.1) is 0 Å². The van der Waals surface area contributed by atoms with Crippen LogP contribution < -0.4 is 0 Å². The zero-order chi connectivity index (χ0) is 11.1. The van der Waals surface area contributed by atoms with Gasteiger partial charge in [0.2, 0.25) is 8.68 Å². The van der Waals surface area contributed by atoms with Gasteiger partial charge in [0.15, 0.2) is 0 Å². The second-order valence-electron chi connectivity index (χ2n) is 3.01. The van der Waals surface area contributed by atoms with Crippen LogP contribution in [0.25, 0.3) is 0 Å². The summed E-state index contributed by atoms with van der Waals surface area (Å²) in [6.07, 6.45) is 0. The van der Waals surface area contributed by atoms with Gasteiger partial charge in [0.25, 0.3) is 9.84 Å². The van der Waals surface area contributed by atoms with Crippen molar-refractivity contribution in [2.45, 2.75) is 22.5 Å². The first-order valence-corrected chi connectivity index (χ1v) is 7.34. The van der Waals surface area contributed by atoms with Crippen molar-refractivity contribution in [2.75, 3.05) is 0 Å². The zero-order valence-corrected chi connectivity index (χ0v) is 10.5. The van der Waals surface area contributed by atoms with Crippen molar-refractivity contribution in [3.63, 3.8) is 0 Å². The lowest BCUT2D eigenvalue weighted by molar-refractivity contribution is 0.594. The molecule has 0 aliphatic rings. The molecular formula is C8H8N2O2S3. The summed E-state index contributed by atoms with van der Waals surface area (Å²) in [6, 6.07) is 0. The fourth-order valence-corrected chi connectivity index (χ4v) is 4.64. The Labute approximate surface area is 95.6 Å². The fourth-order valence-electron chi connectivity index (χ4n) is 0.986. The molecule has 7 heteroatoms. The molecule has 0 aliphatic carbocycles. The van der Waals surface area contributed by atoms with Crippen LogP contribution in [-0.2, 0) is 9.84 Å². The molecule has 15 heavy (non-hydrogen) atoms. The van der Waals surface area contributed by atoms with E-state index in [9.17, 15) is 8.42 Å². The largest absolute Gasteiger partial charge is 0.260 e. The highest BCUT2D eigenvalue weighted by Crippen LogP contribution is 2.26. The molecule has 0 radical (unpaired) electrons. The van der Waals surface area contributed by atoms with E-state index < -0.39 is 9.84 Å². The Morgan fingerprint density at radius 1 is 1.00 bits per heavy atom. The molecule has 4 nitrogen and oxygen atoms in total. The lowest BCUT2D eigenvalue weighted by Gasteiger charge is -1.93. The van der Waals surface area contributed by atoms with Crippen LogP contribution in [0.5, 0.6) is 0 Å². The number of hydrogen-bond donors (Lipinski definition) is 0. The molecule has 80 valence electrons. The number of nitrogens with zero attached hydrogens (tertiary/aromatic N) is 2.